The van der Waals surface area contributed by atoms with Crippen LogP contribution in [0.25, 0.3) is 0 Å². The van der Waals surface area contributed by atoms with E-state index >= 15 is 0 Å². The molecular formula is C13H15FN2O. The Kier molecular flexibility index (Phi) is 3.60. The summed E-state index contributed by atoms with van der Waals surface area (Å²) in [6.07, 6.45) is 1.96. The van der Waals surface area contributed by atoms with Crippen molar-refractivity contribution < 1.29 is 9.13 Å². The third kappa shape index (κ3) is 2.95. The molecule has 0 radical (unpaired) electrons. The number of benzene rings is 1. The van der Waals surface area contributed by atoms with Crippen LogP contribution in [-0.4, -0.2) is 18.8 Å². The van der Waals surface area contributed by atoms with Gasteiger partial charge in [-0.2, -0.15) is 5.26 Å². The van der Waals surface area contributed by atoms with Gasteiger partial charge in [-0.3, -0.25) is 0 Å². The largest absolute Gasteiger partial charge is 0.380 e. The normalized spacial score (nSPS) is 24.1. The molecule has 1 fully saturated rings. The highest BCUT2D eigenvalue weighted by Crippen LogP contribution is 2.21. The van der Waals surface area contributed by atoms with E-state index in [4.69, 9.17) is 10.00 Å². The van der Waals surface area contributed by atoms with Crippen LogP contribution in [0.1, 0.15) is 25.3 Å². The van der Waals surface area contributed by atoms with Crippen molar-refractivity contribution in [2.75, 3.05) is 11.9 Å². The van der Waals surface area contributed by atoms with Gasteiger partial charge in [-0.15, -0.1) is 0 Å². The number of ether oxygens (including phenoxy) is 1. The molecule has 2 rings (SSSR count). The van der Waals surface area contributed by atoms with E-state index in [0.717, 1.165) is 12.8 Å². The summed E-state index contributed by atoms with van der Waals surface area (Å²) >= 11 is 0. The predicted molar refractivity (Wildman–Crippen MR) is 63.2 cm³/mol. The average molecular weight is 234 g/mol. The molecule has 1 aromatic carbocycles. The average Bonchev–Trinajstić information content (AvgIpc) is 2.32. The van der Waals surface area contributed by atoms with E-state index in [-0.39, 0.29) is 18.0 Å². The molecule has 2 atom stereocenters. The van der Waals surface area contributed by atoms with Crippen LogP contribution >= 0.6 is 0 Å². The van der Waals surface area contributed by atoms with Crippen molar-refractivity contribution in [3.05, 3.63) is 29.6 Å². The number of anilines is 1. The topological polar surface area (TPSA) is 45.0 Å². The van der Waals surface area contributed by atoms with Crippen molar-refractivity contribution in [1.82, 2.24) is 0 Å². The van der Waals surface area contributed by atoms with Crippen molar-refractivity contribution in [2.24, 2.45) is 0 Å². The maximum absolute atomic E-state index is 13.6. The molecule has 0 amide bonds. The van der Waals surface area contributed by atoms with Crippen LogP contribution in [0.15, 0.2) is 18.2 Å². The Labute approximate surface area is 100 Å². The predicted octanol–water partition coefficient (Wildman–Crippen LogP) is 2.68. The molecule has 1 saturated heterocycles. The smallest absolute Gasteiger partial charge is 0.147 e. The first kappa shape index (κ1) is 11.9. The third-order valence-corrected chi connectivity index (χ3v) is 2.94. The molecule has 3 nitrogen and oxygen atoms in total. The molecule has 1 aliphatic rings. The van der Waals surface area contributed by atoms with Gasteiger partial charge in [0.25, 0.3) is 0 Å². The zero-order valence-corrected chi connectivity index (χ0v) is 9.74. The summed E-state index contributed by atoms with van der Waals surface area (Å²) in [7, 11) is 0. The lowest BCUT2D eigenvalue weighted by Crippen LogP contribution is -2.32. The molecule has 2 unspecified atom stereocenters. The molecule has 0 aliphatic carbocycles. The number of nitrogens with one attached hydrogen (secondary N) is 1. The number of halogens is 1. The maximum Gasteiger partial charge on any atom is 0.147 e. The highest BCUT2D eigenvalue weighted by atomic mass is 19.1. The molecule has 17 heavy (non-hydrogen) atoms. The molecule has 1 aromatic rings. The Morgan fingerprint density at radius 3 is 3.00 bits per heavy atom. The first-order valence-electron chi connectivity index (χ1n) is 5.77. The first-order chi connectivity index (χ1) is 8.19. The Bertz CT molecular complexity index is 442. The van der Waals surface area contributed by atoms with E-state index in [9.17, 15) is 4.39 Å². The van der Waals surface area contributed by atoms with Gasteiger partial charge in [0, 0.05) is 12.6 Å². The summed E-state index contributed by atoms with van der Waals surface area (Å²) in [4.78, 5) is 0. The van der Waals surface area contributed by atoms with Crippen molar-refractivity contribution in [3.8, 4) is 6.07 Å². The van der Waals surface area contributed by atoms with Gasteiger partial charge in [0.2, 0.25) is 0 Å². The fourth-order valence-electron chi connectivity index (χ4n) is 2.05. The van der Waals surface area contributed by atoms with Crippen LogP contribution in [0, 0.1) is 17.1 Å². The lowest BCUT2D eigenvalue weighted by atomic mass is 10.0. The van der Waals surface area contributed by atoms with E-state index in [1.165, 1.54) is 6.07 Å². The van der Waals surface area contributed by atoms with Crippen LogP contribution in [0.5, 0.6) is 0 Å². The lowest BCUT2D eigenvalue weighted by molar-refractivity contribution is 0.0232. The van der Waals surface area contributed by atoms with Crippen LogP contribution < -0.4 is 5.32 Å². The van der Waals surface area contributed by atoms with E-state index < -0.39 is 0 Å². The van der Waals surface area contributed by atoms with Crippen molar-refractivity contribution in [3.63, 3.8) is 0 Å². The van der Waals surface area contributed by atoms with Crippen LogP contribution in [0.3, 0.4) is 0 Å². The van der Waals surface area contributed by atoms with Crippen LogP contribution in [0.4, 0.5) is 10.1 Å². The number of nitrogens with zero attached hydrogens (tertiary/aromatic N) is 1. The van der Waals surface area contributed by atoms with Gasteiger partial charge >= 0.3 is 0 Å². The summed E-state index contributed by atoms with van der Waals surface area (Å²) in [6.45, 7) is 2.72. The summed E-state index contributed by atoms with van der Waals surface area (Å²) in [6, 6.07) is 6.65. The fourth-order valence-corrected chi connectivity index (χ4v) is 2.05. The zero-order chi connectivity index (χ0) is 12.3. The number of hydrogen-bond donors (Lipinski definition) is 1. The Morgan fingerprint density at radius 2 is 2.35 bits per heavy atom. The quantitative estimate of drug-likeness (QED) is 0.855. The third-order valence-electron chi connectivity index (χ3n) is 2.94. The molecule has 1 aliphatic heterocycles. The summed E-state index contributed by atoms with van der Waals surface area (Å²) in [5.41, 5.74) is 0.802. The molecule has 0 bridgehead atoms. The Balaban J connectivity index is 2.06. The summed E-state index contributed by atoms with van der Waals surface area (Å²) < 4.78 is 19.1. The van der Waals surface area contributed by atoms with Gasteiger partial charge in [0.15, 0.2) is 0 Å². The van der Waals surface area contributed by atoms with Crippen molar-refractivity contribution in [1.29, 1.82) is 5.26 Å². The maximum atomic E-state index is 13.6. The van der Waals surface area contributed by atoms with E-state index in [1.807, 2.05) is 13.0 Å². The van der Waals surface area contributed by atoms with Gasteiger partial charge in [0.05, 0.1) is 23.4 Å². The SMILES string of the molecule is CC1CC(Nc2ccc(C#N)cc2F)CCO1. The molecule has 1 N–H and O–H groups in total. The van der Waals surface area contributed by atoms with Crippen LogP contribution in [0.2, 0.25) is 0 Å². The van der Waals surface area contributed by atoms with Gasteiger partial charge < -0.3 is 10.1 Å². The number of nitriles is 1. The second kappa shape index (κ2) is 5.15. The molecule has 0 saturated carbocycles. The molecule has 0 aromatic heterocycles. The minimum atomic E-state index is -0.372. The second-order valence-corrected chi connectivity index (χ2v) is 4.35. The lowest BCUT2D eigenvalue weighted by Gasteiger charge is -2.28. The minimum Gasteiger partial charge on any atom is -0.380 e. The minimum absolute atomic E-state index is 0.211. The van der Waals surface area contributed by atoms with Crippen LogP contribution in [-0.2, 0) is 4.74 Å². The number of hydrogen-bond acceptors (Lipinski definition) is 3. The second-order valence-electron chi connectivity index (χ2n) is 4.35. The van der Waals surface area contributed by atoms with Gasteiger partial charge in [0.1, 0.15) is 5.82 Å². The van der Waals surface area contributed by atoms with Gasteiger partial charge in [-0.25, -0.2) is 4.39 Å². The van der Waals surface area contributed by atoms with Gasteiger partial charge in [-0.1, -0.05) is 0 Å². The van der Waals surface area contributed by atoms with Crippen molar-refractivity contribution >= 4 is 5.69 Å². The monoisotopic (exact) mass is 234 g/mol. The Hall–Kier alpha value is -1.60. The van der Waals surface area contributed by atoms with Gasteiger partial charge in [-0.05, 0) is 38.0 Å². The molecular weight excluding hydrogens is 219 g/mol. The van der Waals surface area contributed by atoms with E-state index in [1.54, 1.807) is 12.1 Å². The molecule has 4 heteroatoms. The number of rotatable bonds is 2. The summed E-state index contributed by atoms with van der Waals surface area (Å²) in [5.74, 6) is -0.372. The van der Waals surface area contributed by atoms with Crippen molar-refractivity contribution in [2.45, 2.75) is 31.9 Å². The first-order valence-corrected chi connectivity index (χ1v) is 5.77. The zero-order valence-electron chi connectivity index (χ0n) is 9.74. The molecule has 90 valence electrons. The summed E-state index contributed by atoms with van der Waals surface area (Å²) in [5, 5.41) is 11.8. The molecule has 0 spiro atoms. The molecule has 1 heterocycles. The highest BCUT2D eigenvalue weighted by Gasteiger charge is 2.19. The van der Waals surface area contributed by atoms with E-state index in [0.29, 0.717) is 17.9 Å². The fraction of sp³-hybridized carbons (Fsp3) is 0.462. The Morgan fingerprint density at radius 1 is 1.53 bits per heavy atom. The van der Waals surface area contributed by atoms with E-state index in [2.05, 4.69) is 5.32 Å². The highest BCUT2D eigenvalue weighted by molar-refractivity contribution is 5.49. The standard InChI is InChI=1S/C13H15FN2O/c1-9-6-11(4-5-17-9)16-13-3-2-10(8-15)7-12(13)14/h2-3,7,9,11,16H,4-6H2,1H3.